The number of ether oxygens (including phenoxy) is 1. The summed E-state index contributed by atoms with van der Waals surface area (Å²) < 4.78 is 5.19. The van der Waals surface area contributed by atoms with Crippen molar-refractivity contribution < 1.29 is 34.1 Å². The van der Waals surface area contributed by atoms with Gasteiger partial charge in [0.1, 0.15) is 5.60 Å². The molecule has 8 atom stereocenters. The predicted molar refractivity (Wildman–Crippen MR) is 136 cm³/mol. The molecule has 0 bridgehead atoms. The fraction of sp³-hybridized carbons (Fsp3) is 0.793. The van der Waals surface area contributed by atoms with Crippen molar-refractivity contribution in [2.75, 3.05) is 6.61 Å². The predicted octanol–water partition coefficient (Wildman–Crippen LogP) is 3.03. The minimum absolute atomic E-state index is 0.00414. The third kappa shape index (κ3) is 4.80. The number of hydrogen-bond acceptors (Lipinski definition) is 7. The molecule has 1 amide bonds. The number of carbonyl (C=O) groups excluding carboxylic acids is 4. The van der Waals surface area contributed by atoms with Crippen molar-refractivity contribution in [1.29, 1.82) is 0 Å². The Bertz CT molecular complexity index is 991. The largest absolute Gasteiger partial charge is 0.458 e. The number of allylic oxidation sites excluding steroid dienone is 1. The fourth-order valence-electron chi connectivity index (χ4n) is 8.15. The molecule has 3 N–H and O–H groups in total. The minimum atomic E-state index is -1.68. The van der Waals surface area contributed by atoms with E-state index < -0.39 is 35.5 Å². The Morgan fingerprint density at radius 3 is 2.59 bits per heavy atom. The van der Waals surface area contributed by atoms with Gasteiger partial charge >= 0.3 is 5.97 Å². The second-order valence-corrected chi connectivity index (χ2v) is 12.4. The van der Waals surface area contributed by atoms with Crippen molar-refractivity contribution in [3.63, 3.8) is 0 Å². The minimum Gasteiger partial charge on any atom is -0.458 e. The van der Waals surface area contributed by atoms with Gasteiger partial charge in [0.15, 0.2) is 12.4 Å². The van der Waals surface area contributed by atoms with Crippen molar-refractivity contribution in [2.45, 2.75) is 110 Å². The molecule has 0 unspecified atom stereocenters. The van der Waals surface area contributed by atoms with E-state index in [4.69, 9.17) is 4.74 Å². The van der Waals surface area contributed by atoms with Gasteiger partial charge in [0.2, 0.25) is 11.7 Å². The number of ketones is 2. The van der Waals surface area contributed by atoms with Crippen LogP contribution in [0, 0.1) is 28.6 Å². The molecule has 4 aliphatic carbocycles. The Hall–Kier alpha value is -2.06. The van der Waals surface area contributed by atoms with Crippen LogP contribution in [0.2, 0.25) is 0 Å². The molecule has 4 rings (SSSR count). The van der Waals surface area contributed by atoms with Crippen molar-refractivity contribution in [3.8, 4) is 0 Å². The first-order valence-electron chi connectivity index (χ1n) is 14.0. The van der Waals surface area contributed by atoms with Crippen molar-refractivity contribution in [2.24, 2.45) is 28.6 Å². The highest BCUT2D eigenvalue weighted by Crippen LogP contribution is 2.67. The van der Waals surface area contributed by atoms with Gasteiger partial charge in [-0.2, -0.15) is 0 Å². The number of rotatable bonds is 8. The molecule has 0 heterocycles. The van der Waals surface area contributed by atoms with Gasteiger partial charge in [0, 0.05) is 24.3 Å². The molecule has 37 heavy (non-hydrogen) atoms. The highest BCUT2D eigenvalue weighted by atomic mass is 16.5. The monoisotopic (exact) mass is 517 g/mol. The zero-order valence-corrected chi connectivity index (χ0v) is 22.7. The Morgan fingerprint density at radius 2 is 1.89 bits per heavy atom. The number of fused-ring (bicyclic) bond motifs is 5. The number of aliphatic hydroxyl groups is 2. The lowest BCUT2D eigenvalue weighted by Gasteiger charge is -2.60. The Labute approximate surface area is 219 Å². The van der Waals surface area contributed by atoms with Gasteiger partial charge in [-0.25, -0.2) is 0 Å². The van der Waals surface area contributed by atoms with Crippen LogP contribution in [-0.2, 0) is 23.9 Å². The molecule has 3 saturated carbocycles. The first-order chi connectivity index (χ1) is 17.4. The second-order valence-electron chi connectivity index (χ2n) is 12.4. The van der Waals surface area contributed by atoms with Crippen molar-refractivity contribution in [3.05, 3.63) is 11.6 Å². The van der Waals surface area contributed by atoms with Crippen molar-refractivity contribution >= 4 is 23.4 Å². The van der Waals surface area contributed by atoms with E-state index in [2.05, 4.69) is 12.2 Å². The Balaban J connectivity index is 1.41. The number of Topliss-reactive ketones (excluding diaryl/α,β-unsaturated/α-hetero) is 1. The van der Waals surface area contributed by atoms with Crippen LogP contribution in [0.15, 0.2) is 11.6 Å². The topological polar surface area (TPSA) is 130 Å². The molecule has 8 heteroatoms. The average Bonchev–Trinajstić information content (AvgIpc) is 3.12. The summed E-state index contributed by atoms with van der Waals surface area (Å²) in [6.45, 7) is 7.37. The van der Waals surface area contributed by atoms with E-state index in [1.807, 2.05) is 20.8 Å². The summed E-state index contributed by atoms with van der Waals surface area (Å²) in [6, 6.07) is 0.0239. The van der Waals surface area contributed by atoms with E-state index in [0.717, 1.165) is 31.3 Å². The number of carbonyl (C=O) groups is 4. The van der Waals surface area contributed by atoms with E-state index in [1.54, 1.807) is 6.08 Å². The molecule has 206 valence electrons. The quantitative estimate of drug-likeness (QED) is 0.422. The molecule has 8 nitrogen and oxygen atoms in total. The molecular weight excluding hydrogens is 474 g/mol. The normalized spacial score (nSPS) is 39.5. The van der Waals surface area contributed by atoms with E-state index in [0.29, 0.717) is 19.3 Å². The van der Waals surface area contributed by atoms with E-state index in [1.165, 1.54) is 0 Å². The molecule has 0 spiro atoms. The zero-order chi connectivity index (χ0) is 27.2. The molecule has 4 aliphatic rings. The van der Waals surface area contributed by atoms with Crippen LogP contribution >= 0.6 is 0 Å². The summed E-state index contributed by atoms with van der Waals surface area (Å²) in [5.41, 5.74) is -1.60. The summed E-state index contributed by atoms with van der Waals surface area (Å²) >= 11 is 0. The number of nitrogens with one attached hydrogen (secondary N) is 1. The van der Waals surface area contributed by atoms with Crippen LogP contribution in [-0.4, -0.2) is 58.0 Å². The van der Waals surface area contributed by atoms with E-state index in [-0.39, 0.29) is 60.2 Å². The van der Waals surface area contributed by atoms with Gasteiger partial charge < -0.3 is 20.3 Å². The first kappa shape index (κ1) is 28.0. The van der Waals surface area contributed by atoms with Crippen molar-refractivity contribution in [1.82, 2.24) is 5.32 Å². The summed E-state index contributed by atoms with van der Waals surface area (Å²) in [4.78, 5) is 49.5. The summed E-state index contributed by atoms with van der Waals surface area (Å²) in [5, 5.41) is 26.0. The maximum Gasteiger partial charge on any atom is 0.306 e. The average molecular weight is 518 g/mol. The number of amides is 1. The lowest BCUT2D eigenvalue weighted by molar-refractivity contribution is -0.184. The molecule has 0 aromatic heterocycles. The third-order valence-electron chi connectivity index (χ3n) is 10.4. The first-order valence-corrected chi connectivity index (χ1v) is 14.0. The Kier molecular flexibility index (Phi) is 7.75. The van der Waals surface area contributed by atoms with Gasteiger partial charge in [0.05, 0.1) is 12.5 Å². The number of hydrogen-bond donors (Lipinski definition) is 3. The third-order valence-corrected chi connectivity index (χ3v) is 10.4. The van der Waals surface area contributed by atoms with Crippen LogP contribution < -0.4 is 5.32 Å². The van der Waals surface area contributed by atoms with Gasteiger partial charge in [-0.1, -0.05) is 26.3 Å². The summed E-state index contributed by atoms with van der Waals surface area (Å²) in [7, 11) is 0. The van der Waals surface area contributed by atoms with Gasteiger partial charge in [-0.15, -0.1) is 0 Å². The molecule has 0 aliphatic heterocycles. The van der Waals surface area contributed by atoms with Crippen LogP contribution in [0.25, 0.3) is 0 Å². The second kappa shape index (κ2) is 10.3. The summed E-state index contributed by atoms with van der Waals surface area (Å²) in [6.07, 6.45) is 5.82. The maximum absolute atomic E-state index is 13.3. The molecule has 0 saturated heterocycles. The molecular formula is C29H43NO7. The maximum atomic E-state index is 13.3. The molecule has 3 fully saturated rings. The molecule has 0 aromatic carbocycles. The fourth-order valence-corrected chi connectivity index (χ4v) is 8.15. The molecule has 0 aromatic rings. The summed E-state index contributed by atoms with van der Waals surface area (Å²) in [5.74, 6) is -1.06. The number of esters is 1. The highest BCUT2D eigenvalue weighted by molar-refractivity contribution is 5.92. The smallest absolute Gasteiger partial charge is 0.306 e. The number of aliphatic hydroxyl groups excluding tert-OH is 1. The van der Waals surface area contributed by atoms with Gasteiger partial charge in [-0.05, 0) is 81.1 Å². The van der Waals surface area contributed by atoms with Crippen LogP contribution in [0.5, 0.6) is 0 Å². The zero-order valence-electron chi connectivity index (χ0n) is 22.7. The van der Waals surface area contributed by atoms with Gasteiger partial charge in [-0.3, -0.25) is 19.2 Å². The van der Waals surface area contributed by atoms with E-state index >= 15 is 0 Å². The Morgan fingerprint density at radius 1 is 1.16 bits per heavy atom. The van der Waals surface area contributed by atoms with E-state index in [9.17, 15) is 29.4 Å². The van der Waals surface area contributed by atoms with Crippen LogP contribution in [0.4, 0.5) is 0 Å². The lowest BCUT2D eigenvalue weighted by atomic mass is 9.45. The molecule has 0 radical (unpaired) electrons. The van der Waals surface area contributed by atoms with Gasteiger partial charge in [0.25, 0.3) is 0 Å². The van der Waals surface area contributed by atoms with Crippen LogP contribution in [0.3, 0.4) is 0 Å². The highest BCUT2D eigenvalue weighted by Gasteiger charge is 2.68. The SMILES string of the molecule is CC[C@@H](C)NC(=O)CCC(=O)OCC(=O)[C@@]1(O)CC[C@H]2[C@@H]3CCC4=CC(=O)CC[C@]4(C)[C@H]3[C@@H](O)C[C@@]21C. The van der Waals surface area contributed by atoms with Crippen LogP contribution in [0.1, 0.15) is 91.9 Å². The lowest BCUT2D eigenvalue weighted by Crippen LogP contribution is -2.62. The standard InChI is InChI=1S/C29H43NO7/c1-5-17(2)30-24(34)8-9-25(35)37-16-23(33)29(36)13-11-21-20-7-6-18-14-19(31)10-12-27(18,3)26(20)22(32)15-28(21,29)4/h14,17,20-22,26,32,36H,5-13,15-16H2,1-4H3,(H,30,34)/t17-,20+,21+,22+,26-,27+,28+,29+/m1/s1.